The van der Waals surface area contributed by atoms with Gasteiger partial charge in [0.25, 0.3) is 0 Å². The quantitative estimate of drug-likeness (QED) is 0.715. The summed E-state index contributed by atoms with van der Waals surface area (Å²) in [6, 6.07) is 3.79. The molecule has 1 heterocycles. The first-order valence-corrected chi connectivity index (χ1v) is 4.27. The lowest BCUT2D eigenvalue weighted by molar-refractivity contribution is 0.195. The molecule has 1 rings (SSSR count). The third-order valence-electron chi connectivity index (χ3n) is 1.58. The number of hydrogen-bond donors (Lipinski definition) is 1. The number of nitrogens with zero attached hydrogens (tertiary/aromatic N) is 1. The van der Waals surface area contributed by atoms with Crippen LogP contribution in [0.1, 0.15) is 18.2 Å². The molecule has 3 heteroatoms. The first-order valence-electron chi connectivity index (χ1n) is 3.89. The maximum absolute atomic E-state index is 9.11. The number of aliphatic hydroxyl groups is 1. The summed E-state index contributed by atoms with van der Waals surface area (Å²) in [5.74, 6) is 0. The number of aliphatic hydroxyl groups excluding tert-OH is 1. The molecule has 0 spiro atoms. The average Bonchev–Trinajstić information content (AvgIpc) is 1.94. The fraction of sp³-hybridized carbons (Fsp3) is 0.444. The molecule has 1 atom stereocenters. The highest BCUT2D eigenvalue weighted by Gasteiger charge is 2.04. The Labute approximate surface area is 77.2 Å². The van der Waals surface area contributed by atoms with Crippen molar-refractivity contribution in [2.24, 2.45) is 0 Å². The van der Waals surface area contributed by atoms with Crippen LogP contribution in [-0.4, -0.2) is 16.2 Å². The molecule has 0 bridgehead atoms. The van der Waals surface area contributed by atoms with E-state index in [1.165, 1.54) is 0 Å². The van der Waals surface area contributed by atoms with Crippen molar-refractivity contribution < 1.29 is 5.11 Å². The molecule has 66 valence electrons. The zero-order valence-electron chi connectivity index (χ0n) is 7.21. The molecule has 1 N–H and O–H groups in total. The molecule has 0 radical (unpaired) electrons. The lowest BCUT2D eigenvalue weighted by Crippen LogP contribution is -2.05. The summed E-state index contributed by atoms with van der Waals surface area (Å²) in [6.45, 7) is 3.62. The van der Waals surface area contributed by atoms with Gasteiger partial charge in [-0.25, -0.2) is 4.98 Å². The Morgan fingerprint density at radius 3 is 2.75 bits per heavy atom. The average molecular weight is 186 g/mol. The second-order valence-corrected chi connectivity index (χ2v) is 3.31. The van der Waals surface area contributed by atoms with E-state index in [1.54, 1.807) is 6.92 Å². The number of hydrogen-bond acceptors (Lipinski definition) is 2. The normalized spacial score (nSPS) is 13.0. The van der Waals surface area contributed by atoms with Gasteiger partial charge in [-0.15, -0.1) is 0 Å². The first-order chi connectivity index (χ1) is 5.59. The van der Waals surface area contributed by atoms with Gasteiger partial charge in [0.1, 0.15) is 5.15 Å². The Kier molecular flexibility index (Phi) is 3.06. The Balaban J connectivity index is 2.86. The van der Waals surface area contributed by atoms with Gasteiger partial charge < -0.3 is 5.11 Å². The van der Waals surface area contributed by atoms with Gasteiger partial charge in [-0.05, 0) is 25.5 Å². The smallest absolute Gasteiger partial charge is 0.132 e. The van der Waals surface area contributed by atoms with Crippen LogP contribution in [0.15, 0.2) is 12.1 Å². The van der Waals surface area contributed by atoms with Crippen molar-refractivity contribution in [2.75, 3.05) is 0 Å². The van der Waals surface area contributed by atoms with Gasteiger partial charge in [0.15, 0.2) is 0 Å². The molecule has 1 aromatic heterocycles. The van der Waals surface area contributed by atoms with Crippen LogP contribution in [0.2, 0.25) is 5.15 Å². The van der Waals surface area contributed by atoms with E-state index in [0.29, 0.717) is 11.6 Å². The number of pyridine rings is 1. The van der Waals surface area contributed by atoms with E-state index >= 15 is 0 Å². The number of rotatable bonds is 2. The third-order valence-corrected chi connectivity index (χ3v) is 1.91. The second-order valence-electron chi connectivity index (χ2n) is 2.96. The minimum Gasteiger partial charge on any atom is -0.393 e. The third kappa shape index (κ3) is 2.47. The first kappa shape index (κ1) is 9.49. The summed E-state index contributed by atoms with van der Waals surface area (Å²) in [4.78, 5) is 4.08. The Hall–Kier alpha value is -0.600. The summed E-state index contributed by atoms with van der Waals surface area (Å²) in [6.07, 6.45) is 0.193. The van der Waals surface area contributed by atoms with Crippen LogP contribution in [-0.2, 0) is 6.42 Å². The molecule has 0 aliphatic rings. The second kappa shape index (κ2) is 3.87. The van der Waals surface area contributed by atoms with Crippen molar-refractivity contribution >= 4 is 11.6 Å². The fourth-order valence-electron chi connectivity index (χ4n) is 1.02. The highest BCUT2D eigenvalue weighted by atomic mass is 35.5. The molecule has 12 heavy (non-hydrogen) atoms. The molecule has 0 saturated carbocycles. The summed E-state index contributed by atoms with van der Waals surface area (Å²) >= 11 is 5.85. The van der Waals surface area contributed by atoms with Crippen molar-refractivity contribution in [3.63, 3.8) is 0 Å². The molecule has 0 fully saturated rings. The summed E-state index contributed by atoms with van der Waals surface area (Å²) < 4.78 is 0. The lowest BCUT2D eigenvalue weighted by Gasteiger charge is -2.05. The predicted octanol–water partition coefficient (Wildman–Crippen LogP) is 1.97. The van der Waals surface area contributed by atoms with Gasteiger partial charge in [-0.2, -0.15) is 0 Å². The van der Waals surface area contributed by atoms with Crippen molar-refractivity contribution in [1.29, 1.82) is 0 Å². The molecule has 0 aliphatic heterocycles. The zero-order valence-corrected chi connectivity index (χ0v) is 7.97. The topological polar surface area (TPSA) is 33.1 Å². The molecule has 0 saturated heterocycles. The SMILES string of the molecule is Cc1ccc(C[C@@H](C)O)c(Cl)n1. The van der Waals surface area contributed by atoms with Crippen LogP contribution in [0.3, 0.4) is 0 Å². The van der Waals surface area contributed by atoms with Crippen molar-refractivity contribution in [3.8, 4) is 0 Å². The predicted molar refractivity (Wildman–Crippen MR) is 49.4 cm³/mol. The molecule has 0 unspecified atom stereocenters. The van der Waals surface area contributed by atoms with Gasteiger partial charge in [0.2, 0.25) is 0 Å². The van der Waals surface area contributed by atoms with Crippen LogP contribution in [0, 0.1) is 6.92 Å². The minimum atomic E-state index is -0.369. The van der Waals surface area contributed by atoms with E-state index in [2.05, 4.69) is 4.98 Å². The van der Waals surface area contributed by atoms with E-state index in [1.807, 2.05) is 19.1 Å². The van der Waals surface area contributed by atoms with E-state index in [-0.39, 0.29) is 6.10 Å². The van der Waals surface area contributed by atoms with Gasteiger partial charge >= 0.3 is 0 Å². The number of aryl methyl sites for hydroxylation is 1. The lowest BCUT2D eigenvalue weighted by atomic mass is 10.1. The zero-order chi connectivity index (χ0) is 9.14. The van der Waals surface area contributed by atoms with Gasteiger partial charge in [0, 0.05) is 12.1 Å². The molecule has 0 aromatic carbocycles. The van der Waals surface area contributed by atoms with Gasteiger partial charge in [0.05, 0.1) is 6.10 Å². The van der Waals surface area contributed by atoms with Crippen LogP contribution < -0.4 is 0 Å². The van der Waals surface area contributed by atoms with Crippen molar-refractivity contribution in [1.82, 2.24) is 4.98 Å². The highest BCUT2D eigenvalue weighted by molar-refractivity contribution is 6.30. The Bertz CT molecular complexity index is 273. The van der Waals surface area contributed by atoms with Crippen LogP contribution in [0.25, 0.3) is 0 Å². The van der Waals surface area contributed by atoms with E-state index in [4.69, 9.17) is 16.7 Å². The molecule has 1 aromatic rings. The van der Waals surface area contributed by atoms with Crippen LogP contribution in [0.4, 0.5) is 0 Å². The largest absolute Gasteiger partial charge is 0.393 e. The summed E-state index contributed by atoms with van der Waals surface area (Å²) in [5.41, 5.74) is 1.80. The van der Waals surface area contributed by atoms with E-state index < -0.39 is 0 Å². The summed E-state index contributed by atoms with van der Waals surface area (Å²) in [7, 11) is 0. The van der Waals surface area contributed by atoms with Crippen molar-refractivity contribution in [2.45, 2.75) is 26.4 Å². The molecule has 0 amide bonds. The summed E-state index contributed by atoms with van der Waals surface area (Å²) in [5, 5.41) is 9.61. The Morgan fingerprint density at radius 1 is 1.58 bits per heavy atom. The van der Waals surface area contributed by atoms with Crippen LogP contribution in [0.5, 0.6) is 0 Å². The van der Waals surface area contributed by atoms with E-state index in [9.17, 15) is 0 Å². The van der Waals surface area contributed by atoms with Gasteiger partial charge in [-0.1, -0.05) is 17.7 Å². The molecule has 2 nitrogen and oxygen atoms in total. The maximum Gasteiger partial charge on any atom is 0.132 e. The molecular formula is C9H12ClNO. The van der Waals surface area contributed by atoms with Crippen molar-refractivity contribution in [3.05, 3.63) is 28.5 Å². The minimum absolute atomic E-state index is 0.369. The van der Waals surface area contributed by atoms with E-state index in [0.717, 1.165) is 11.3 Å². The molecular weight excluding hydrogens is 174 g/mol. The fourth-order valence-corrected chi connectivity index (χ4v) is 1.30. The number of halogens is 1. The number of aromatic nitrogens is 1. The maximum atomic E-state index is 9.11. The highest BCUT2D eigenvalue weighted by Crippen LogP contribution is 2.15. The standard InChI is InChI=1S/C9H12ClNO/c1-6-3-4-8(5-7(2)12)9(10)11-6/h3-4,7,12H,5H2,1-2H3/t7-/m1/s1. The van der Waals surface area contributed by atoms with Crippen LogP contribution >= 0.6 is 11.6 Å². The van der Waals surface area contributed by atoms with Gasteiger partial charge in [-0.3, -0.25) is 0 Å². The Morgan fingerprint density at radius 2 is 2.25 bits per heavy atom. The monoisotopic (exact) mass is 185 g/mol. The molecule has 0 aliphatic carbocycles.